The molecule has 0 heterocycles. The monoisotopic (exact) mass is 843 g/mol. The second-order valence-corrected chi connectivity index (χ2v) is 18.9. The summed E-state index contributed by atoms with van der Waals surface area (Å²) in [6.07, 6.45) is 45.4. The third kappa shape index (κ3) is 44.1. The fraction of sp³-hybridized carbons (Fsp3) is 0.875. The summed E-state index contributed by atoms with van der Waals surface area (Å²) in [6.45, 7) is 4.39. The van der Waals surface area contributed by atoms with Crippen LogP contribution in [0, 0.1) is 0 Å². The number of hydrogen-bond acceptors (Lipinski definition) is 7. The molecule has 10 heteroatoms. The Kier molecular flexibility index (Phi) is 39.8. The quantitative estimate of drug-likeness (QED) is 0.0212. The number of nitrogens with zero attached hydrogens (tertiary/aromatic N) is 1. The van der Waals surface area contributed by atoms with E-state index in [0.717, 1.165) is 32.1 Å². The van der Waals surface area contributed by atoms with Gasteiger partial charge in [-0.25, -0.2) is 4.57 Å². The highest BCUT2D eigenvalue weighted by molar-refractivity contribution is 7.47. The minimum Gasteiger partial charge on any atom is -0.462 e. The van der Waals surface area contributed by atoms with Crippen molar-refractivity contribution in [3.8, 4) is 0 Å². The van der Waals surface area contributed by atoms with E-state index in [1.54, 1.807) is 0 Å². The van der Waals surface area contributed by atoms with E-state index in [9.17, 15) is 19.0 Å². The zero-order valence-electron chi connectivity index (χ0n) is 38.5. The van der Waals surface area contributed by atoms with Crippen molar-refractivity contribution in [2.24, 2.45) is 0 Å². The van der Waals surface area contributed by atoms with E-state index >= 15 is 0 Å². The number of hydrogen-bond donors (Lipinski definition) is 1. The topological polar surface area (TPSA) is 108 Å². The van der Waals surface area contributed by atoms with E-state index in [-0.39, 0.29) is 26.1 Å². The molecule has 0 radical (unpaired) electrons. The van der Waals surface area contributed by atoms with Gasteiger partial charge in [-0.15, -0.1) is 0 Å². The van der Waals surface area contributed by atoms with Crippen molar-refractivity contribution in [2.75, 3.05) is 47.5 Å². The maximum atomic E-state index is 12.7. The predicted molar refractivity (Wildman–Crippen MR) is 243 cm³/mol. The fourth-order valence-corrected chi connectivity index (χ4v) is 7.42. The van der Waals surface area contributed by atoms with Crippen molar-refractivity contribution in [1.29, 1.82) is 0 Å². The lowest BCUT2D eigenvalue weighted by Gasteiger charge is -2.24. The van der Waals surface area contributed by atoms with E-state index in [1.165, 1.54) is 148 Å². The Balaban J connectivity index is 4.24. The molecule has 9 nitrogen and oxygen atoms in total. The molecule has 0 bridgehead atoms. The van der Waals surface area contributed by atoms with Gasteiger partial charge < -0.3 is 18.9 Å². The molecular weight excluding hydrogens is 750 g/mol. The van der Waals surface area contributed by atoms with Crippen LogP contribution in [0.25, 0.3) is 0 Å². The number of carbonyl (C=O) groups excluding carboxylic acids is 2. The second kappa shape index (κ2) is 40.9. The number of unbranched alkanes of at least 4 members (excludes halogenated alkanes) is 26. The van der Waals surface area contributed by atoms with E-state index in [4.69, 9.17) is 18.5 Å². The van der Waals surface area contributed by atoms with Crippen LogP contribution in [-0.2, 0) is 32.7 Å². The fourth-order valence-electron chi connectivity index (χ4n) is 6.68. The summed E-state index contributed by atoms with van der Waals surface area (Å²) in [5.41, 5.74) is 0. The minimum absolute atomic E-state index is 0.0281. The summed E-state index contributed by atoms with van der Waals surface area (Å²) in [5, 5.41) is 0. The zero-order valence-corrected chi connectivity index (χ0v) is 39.4. The van der Waals surface area contributed by atoms with E-state index in [2.05, 4.69) is 38.2 Å². The maximum Gasteiger partial charge on any atom is 0.472 e. The molecule has 0 aliphatic heterocycles. The van der Waals surface area contributed by atoms with Crippen LogP contribution < -0.4 is 0 Å². The molecule has 0 amide bonds. The summed E-state index contributed by atoms with van der Waals surface area (Å²) < 4.78 is 34.3. The first-order valence-electron chi connectivity index (χ1n) is 24.1. The van der Waals surface area contributed by atoms with Gasteiger partial charge in [0.15, 0.2) is 6.10 Å². The molecule has 0 aromatic carbocycles. The molecule has 0 aromatic rings. The Bertz CT molecular complexity index is 1040. The smallest absolute Gasteiger partial charge is 0.462 e. The maximum absolute atomic E-state index is 12.7. The third-order valence-electron chi connectivity index (χ3n) is 10.5. The number of esters is 2. The van der Waals surface area contributed by atoms with Crippen LogP contribution >= 0.6 is 7.82 Å². The molecule has 0 aliphatic carbocycles. The van der Waals surface area contributed by atoms with Crippen LogP contribution in [0.2, 0.25) is 0 Å². The number of ether oxygens (including phenoxy) is 2. The molecule has 0 fully saturated rings. The SMILES string of the molecule is CCCCCCCCCCCCCCCC/C=C/CC/C=C/CCCC(=O)OC[C@@H](COP(=O)(O)OCC[N+](C)(C)C)OC(=O)CCCCCCCCCCCCC. The van der Waals surface area contributed by atoms with Crippen molar-refractivity contribution >= 4 is 19.8 Å². The Morgan fingerprint density at radius 3 is 1.38 bits per heavy atom. The van der Waals surface area contributed by atoms with Gasteiger partial charge in [-0.2, -0.15) is 0 Å². The Hall–Kier alpha value is -1.51. The standard InChI is InChI=1S/C48H92NO8P/c1-6-8-10-12-14-16-18-19-20-21-22-23-24-25-26-27-28-29-31-32-34-36-38-40-47(50)54-44-46(45-56-58(52,53)55-43-42-49(3,4)5)57-48(51)41-39-37-35-33-30-17-15-13-11-9-7-2/h27-28,32,34,46H,6-26,29-31,33,35-45H2,1-5H3/p+1/b28-27+,34-32+/t46-/m0/s1. The van der Waals surface area contributed by atoms with Crippen LogP contribution in [0.1, 0.15) is 219 Å². The summed E-state index contributed by atoms with van der Waals surface area (Å²) >= 11 is 0. The van der Waals surface area contributed by atoms with Crippen LogP contribution in [0.3, 0.4) is 0 Å². The van der Waals surface area contributed by atoms with Crippen LogP contribution in [0.15, 0.2) is 24.3 Å². The molecule has 1 N–H and O–H groups in total. The van der Waals surface area contributed by atoms with Gasteiger partial charge in [0, 0.05) is 12.8 Å². The second-order valence-electron chi connectivity index (χ2n) is 17.5. The van der Waals surface area contributed by atoms with Crippen LogP contribution in [0.5, 0.6) is 0 Å². The van der Waals surface area contributed by atoms with Gasteiger partial charge in [0.05, 0.1) is 27.7 Å². The number of quaternary nitrogens is 1. The first-order chi connectivity index (χ1) is 28.0. The van der Waals surface area contributed by atoms with Crippen molar-refractivity contribution in [2.45, 2.75) is 225 Å². The normalized spacial score (nSPS) is 13.7. The molecule has 342 valence electrons. The molecule has 2 atom stereocenters. The van der Waals surface area contributed by atoms with Crippen molar-refractivity contribution in [3.05, 3.63) is 24.3 Å². The number of likely N-dealkylation sites (N-methyl/N-ethyl adjacent to an activating group) is 1. The highest BCUT2D eigenvalue weighted by Crippen LogP contribution is 2.43. The van der Waals surface area contributed by atoms with Gasteiger partial charge in [-0.1, -0.05) is 186 Å². The van der Waals surface area contributed by atoms with Gasteiger partial charge in [0.25, 0.3) is 0 Å². The Labute approximate surface area is 358 Å². The summed E-state index contributed by atoms with van der Waals surface area (Å²) in [4.78, 5) is 35.3. The molecule has 0 spiro atoms. The van der Waals surface area contributed by atoms with Gasteiger partial charge >= 0.3 is 19.8 Å². The highest BCUT2D eigenvalue weighted by Gasteiger charge is 2.27. The number of phosphoric acid groups is 1. The first kappa shape index (κ1) is 56.5. The van der Waals surface area contributed by atoms with Gasteiger partial charge in [0.2, 0.25) is 0 Å². The molecule has 0 aromatic heterocycles. The van der Waals surface area contributed by atoms with Crippen molar-refractivity contribution < 1.29 is 42.1 Å². The lowest BCUT2D eigenvalue weighted by molar-refractivity contribution is -0.870. The van der Waals surface area contributed by atoms with Crippen molar-refractivity contribution in [3.63, 3.8) is 0 Å². The van der Waals surface area contributed by atoms with E-state index in [1.807, 2.05) is 21.1 Å². The lowest BCUT2D eigenvalue weighted by atomic mass is 10.0. The predicted octanol–water partition coefficient (Wildman–Crippen LogP) is 13.9. The number of carbonyl (C=O) groups is 2. The molecule has 1 unspecified atom stereocenters. The van der Waals surface area contributed by atoms with Crippen molar-refractivity contribution in [1.82, 2.24) is 0 Å². The summed E-state index contributed by atoms with van der Waals surface area (Å²) in [6, 6.07) is 0. The number of allylic oxidation sites excluding steroid dienone is 4. The summed E-state index contributed by atoms with van der Waals surface area (Å²) in [7, 11) is 1.46. The zero-order chi connectivity index (χ0) is 42.8. The average molecular weight is 843 g/mol. The van der Waals surface area contributed by atoms with E-state index in [0.29, 0.717) is 23.9 Å². The summed E-state index contributed by atoms with van der Waals surface area (Å²) in [5.74, 6) is -0.841. The minimum atomic E-state index is -4.38. The van der Waals surface area contributed by atoms with Crippen LogP contribution in [-0.4, -0.2) is 74.9 Å². The highest BCUT2D eigenvalue weighted by atomic mass is 31.2. The molecule has 0 rings (SSSR count). The molecular formula is C48H93NO8P+. The number of rotatable bonds is 44. The average Bonchev–Trinajstić information content (AvgIpc) is 3.17. The molecule has 0 aliphatic rings. The van der Waals surface area contributed by atoms with Gasteiger partial charge in [0.1, 0.15) is 19.8 Å². The number of phosphoric ester groups is 1. The van der Waals surface area contributed by atoms with Crippen LogP contribution in [0.4, 0.5) is 0 Å². The molecule has 0 saturated carbocycles. The Morgan fingerprint density at radius 2 is 0.914 bits per heavy atom. The first-order valence-corrected chi connectivity index (χ1v) is 25.6. The third-order valence-corrected chi connectivity index (χ3v) is 11.4. The molecule has 58 heavy (non-hydrogen) atoms. The van der Waals surface area contributed by atoms with E-state index < -0.39 is 32.5 Å². The largest absolute Gasteiger partial charge is 0.472 e. The van der Waals surface area contributed by atoms with Gasteiger partial charge in [-0.05, 0) is 44.9 Å². The molecule has 0 saturated heterocycles. The van der Waals surface area contributed by atoms with Gasteiger partial charge in [-0.3, -0.25) is 18.6 Å². The lowest BCUT2D eigenvalue weighted by Crippen LogP contribution is -2.37. The Morgan fingerprint density at radius 1 is 0.517 bits per heavy atom.